The van der Waals surface area contributed by atoms with E-state index in [4.69, 9.17) is 16.3 Å². The van der Waals surface area contributed by atoms with Gasteiger partial charge in [-0.1, -0.05) is 23.7 Å². The van der Waals surface area contributed by atoms with Gasteiger partial charge in [0, 0.05) is 11.1 Å². The number of para-hydroxylation sites is 1. The molecule has 0 radical (unpaired) electrons. The molecule has 1 N–H and O–H groups in total. The molecule has 6 nitrogen and oxygen atoms in total. The first kappa shape index (κ1) is 16.5. The summed E-state index contributed by atoms with van der Waals surface area (Å²) in [7, 11) is 0. The molecule has 0 bridgehead atoms. The SMILES string of the molecule is Cc1nc(NC(=O)c2ccnn2COc2ccccc2Cl)sc1C. The molecule has 3 aromatic rings. The van der Waals surface area contributed by atoms with Crippen LogP contribution in [0.5, 0.6) is 5.75 Å². The summed E-state index contributed by atoms with van der Waals surface area (Å²) in [6.45, 7) is 3.95. The molecule has 0 fully saturated rings. The smallest absolute Gasteiger partial charge is 0.275 e. The molecule has 0 spiro atoms. The van der Waals surface area contributed by atoms with Crippen LogP contribution in [0.4, 0.5) is 5.13 Å². The van der Waals surface area contributed by atoms with Crippen LogP contribution in [0.25, 0.3) is 0 Å². The fourth-order valence-electron chi connectivity index (χ4n) is 2.01. The number of aryl methyl sites for hydroxylation is 2. The second-order valence-electron chi connectivity index (χ2n) is 5.03. The van der Waals surface area contributed by atoms with Gasteiger partial charge in [-0.2, -0.15) is 5.10 Å². The molecule has 24 heavy (non-hydrogen) atoms. The summed E-state index contributed by atoms with van der Waals surface area (Å²) >= 11 is 7.49. The summed E-state index contributed by atoms with van der Waals surface area (Å²) < 4.78 is 7.09. The Morgan fingerprint density at radius 3 is 2.83 bits per heavy atom. The van der Waals surface area contributed by atoms with E-state index in [0.29, 0.717) is 21.6 Å². The van der Waals surface area contributed by atoms with E-state index < -0.39 is 0 Å². The Morgan fingerprint density at radius 1 is 1.33 bits per heavy atom. The van der Waals surface area contributed by atoms with Crippen molar-refractivity contribution in [3.8, 4) is 5.75 Å². The number of carbonyl (C=O) groups is 1. The lowest BCUT2D eigenvalue weighted by Gasteiger charge is -2.10. The Hall–Kier alpha value is -2.38. The molecule has 1 aromatic carbocycles. The number of anilines is 1. The predicted octanol–water partition coefficient (Wildman–Crippen LogP) is 3.90. The highest BCUT2D eigenvalue weighted by molar-refractivity contribution is 7.15. The molecule has 0 aliphatic heterocycles. The number of ether oxygens (including phenoxy) is 1. The standard InChI is InChI=1S/C16H15ClN4O2S/c1-10-11(2)24-16(19-10)20-15(22)13-7-8-18-21(13)9-23-14-6-4-3-5-12(14)17/h3-8H,9H2,1-2H3,(H,19,20,22). The lowest BCUT2D eigenvalue weighted by Crippen LogP contribution is -2.19. The summed E-state index contributed by atoms with van der Waals surface area (Å²) in [5.41, 5.74) is 1.29. The first-order chi connectivity index (χ1) is 11.5. The maximum absolute atomic E-state index is 12.4. The fourth-order valence-corrected chi connectivity index (χ4v) is 3.01. The Balaban J connectivity index is 1.70. The van der Waals surface area contributed by atoms with Crippen molar-refractivity contribution in [1.82, 2.24) is 14.8 Å². The second kappa shape index (κ2) is 7.02. The van der Waals surface area contributed by atoms with Crippen LogP contribution in [0.3, 0.4) is 0 Å². The predicted molar refractivity (Wildman–Crippen MR) is 93.8 cm³/mol. The van der Waals surface area contributed by atoms with Crippen molar-refractivity contribution >= 4 is 34.0 Å². The number of carbonyl (C=O) groups excluding carboxylic acids is 1. The Bertz CT molecular complexity index is 855. The molecule has 0 aliphatic rings. The normalized spacial score (nSPS) is 10.6. The molecule has 8 heteroatoms. The van der Waals surface area contributed by atoms with Gasteiger partial charge in [-0.25, -0.2) is 9.67 Å². The van der Waals surface area contributed by atoms with Crippen molar-refractivity contribution in [3.63, 3.8) is 0 Å². The van der Waals surface area contributed by atoms with Gasteiger partial charge in [-0.05, 0) is 32.0 Å². The van der Waals surface area contributed by atoms with Crippen molar-refractivity contribution in [1.29, 1.82) is 0 Å². The van der Waals surface area contributed by atoms with E-state index in [9.17, 15) is 4.79 Å². The summed E-state index contributed by atoms with van der Waals surface area (Å²) in [5.74, 6) is 0.246. The number of aromatic nitrogens is 3. The Morgan fingerprint density at radius 2 is 2.12 bits per heavy atom. The van der Waals surface area contributed by atoms with Gasteiger partial charge in [0.15, 0.2) is 11.9 Å². The van der Waals surface area contributed by atoms with Gasteiger partial charge in [0.1, 0.15) is 11.4 Å². The van der Waals surface area contributed by atoms with Crippen molar-refractivity contribution in [3.05, 3.63) is 57.8 Å². The molecule has 0 aliphatic carbocycles. The van der Waals surface area contributed by atoms with Crippen LogP contribution >= 0.6 is 22.9 Å². The average Bonchev–Trinajstić information content (AvgIpc) is 3.13. The molecule has 3 rings (SSSR count). The third-order valence-electron chi connectivity index (χ3n) is 3.38. The lowest BCUT2D eigenvalue weighted by atomic mass is 10.3. The summed E-state index contributed by atoms with van der Waals surface area (Å²) in [6.07, 6.45) is 1.54. The highest BCUT2D eigenvalue weighted by Gasteiger charge is 2.15. The van der Waals surface area contributed by atoms with Crippen LogP contribution in [0.1, 0.15) is 21.1 Å². The van der Waals surface area contributed by atoms with E-state index in [1.165, 1.54) is 16.0 Å². The minimum absolute atomic E-state index is 0.0788. The van der Waals surface area contributed by atoms with E-state index in [-0.39, 0.29) is 12.6 Å². The first-order valence-electron chi connectivity index (χ1n) is 7.19. The molecule has 0 unspecified atom stereocenters. The zero-order valence-corrected chi connectivity index (χ0v) is 14.7. The highest BCUT2D eigenvalue weighted by Crippen LogP contribution is 2.24. The third kappa shape index (κ3) is 3.58. The van der Waals surface area contributed by atoms with Crippen LogP contribution < -0.4 is 10.1 Å². The van der Waals surface area contributed by atoms with Crippen LogP contribution in [0, 0.1) is 13.8 Å². The van der Waals surface area contributed by atoms with Crippen molar-refractivity contribution in [2.24, 2.45) is 0 Å². The number of nitrogens with zero attached hydrogens (tertiary/aromatic N) is 3. The molecule has 124 valence electrons. The average molecular weight is 363 g/mol. The second-order valence-corrected chi connectivity index (χ2v) is 6.64. The van der Waals surface area contributed by atoms with Gasteiger partial charge in [-0.3, -0.25) is 10.1 Å². The number of halogens is 1. The Labute approximate surface area is 148 Å². The van der Waals surface area contributed by atoms with Gasteiger partial charge in [-0.15, -0.1) is 11.3 Å². The maximum Gasteiger partial charge on any atom is 0.275 e. The monoisotopic (exact) mass is 362 g/mol. The van der Waals surface area contributed by atoms with Crippen molar-refractivity contribution in [2.45, 2.75) is 20.6 Å². The summed E-state index contributed by atoms with van der Waals surface area (Å²) in [6, 6.07) is 8.76. The Kier molecular flexibility index (Phi) is 4.82. The van der Waals surface area contributed by atoms with Crippen molar-refractivity contribution in [2.75, 3.05) is 5.32 Å². The van der Waals surface area contributed by atoms with Crippen LogP contribution in [-0.4, -0.2) is 20.7 Å². The van der Waals surface area contributed by atoms with Gasteiger partial charge in [0.25, 0.3) is 5.91 Å². The highest BCUT2D eigenvalue weighted by atomic mass is 35.5. The first-order valence-corrected chi connectivity index (χ1v) is 8.38. The molecular formula is C16H15ClN4O2S. The van der Waals surface area contributed by atoms with Gasteiger partial charge >= 0.3 is 0 Å². The molecule has 2 heterocycles. The third-order valence-corrected chi connectivity index (χ3v) is 4.68. The molecule has 2 aromatic heterocycles. The van der Waals surface area contributed by atoms with Gasteiger partial charge in [0.2, 0.25) is 0 Å². The lowest BCUT2D eigenvalue weighted by molar-refractivity contribution is 0.100. The number of hydrogen-bond donors (Lipinski definition) is 1. The van der Waals surface area contributed by atoms with Crippen LogP contribution in [0.15, 0.2) is 36.5 Å². The van der Waals surface area contributed by atoms with E-state index in [1.807, 2.05) is 26.0 Å². The van der Waals surface area contributed by atoms with Gasteiger partial charge in [0.05, 0.1) is 10.7 Å². The van der Waals surface area contributed by atoms with Crippen LogP contribution in [-0.2, 0) is 6.73 Å². The van der Waals surface area contributed by atoms with E-state index in [1.54, 1.807) is 24.4 Å². The topological polar surface area (TPSA) is 69.0 Å². The number of thiazole rings is 1. The maximum atomic E-state index is 12.4. The molecule has 1 amide bonds. The van der Waals surface area contributed by atoms with E-state index >= 15 is 0 Å². The van der Waals surface area contributed by atoms with Crippen LogP contribution in [0.2, 0.25) is 5.02 Å². The molecular weight excluding hydrogens is 348 g/mol. The summed E-state index contributed by atoms with van der Waals surface area (Å²) in [5, 5.41) is 7.97. The zero-order valence-electron chi connectivity index (χ0n) is 13.1. The van der Waals surface area contributed by atoms with E-state index in [2.05, 4.69) is 15.4 Å². The minimum atomic E-state index is -0.288. The van der Waals surface area contributed by atoms with Gasteiger partial charge < -0.3 is 4.74 Å². The molecule has 0 saturated carbocycles. The molecule has 0 atom stereocenters. The minimum Gasteiger partial charge on any atom is -0.470 e. The van der Waals surface area contributed by atoms with Crippen molar-refractivity contribution < 1.29 is 9.53 Å². The number of benzene rings is 1. The van der Waals surface area contributed by atoms with E-state index in [0.717, 1.165) is 10.6 Å². The number of hydrogen-bond acceptors (Lipinski definition) is 5. The molecule has 0 saturated heterocycles. The number of amides is 1. The quantitative estimate of drug-likeness (QED) is 0.747. The zero-order chi connectivity index (χ0) is 17.1. The fraction of sp³-hybridized carbons (Fsp3) is 0.188. The summed E-state index contributed by atoms with van der Waals surface area (Å²) in [4.78, 5) is 17.8. The largest absolute Gasteiger partial charge is 0.470 e. The number of nitrogens with one attached hydrogen (secondary N) is 1. The number of rotatable bonds is 5.